The number of aromatic nitrogens is 2. The predicted molar refractivity (Wildman–Crippen MR) is 58.7 cm³/mol. The van der Waals surface area contributed by atoms with Crippen LogP contribution in [0, 0.1) is 5.92 Å². The first-order chi connectivity index (χ1) is 7.45. The smallest absolute Gasteiger partial charge is 0.106 e. The standard InChI is InChI=1S/C11H19N3O/c1(2-11-13-5-6-14-11)4-12-8-10-3-7-15-9-10/h5-6,10,12H,1-4,7-9H2,(H,13,14). The zero-order valence-corrected chi connectivity index (χ0v) is 9.04. The molecular formula is C11H19N3O. The van der Waals surface area contributed by atoms with E-state index in [-0.39, 0.29) is 0 Å². The van der Waals surface area contributed by atoms with Gasteiger partial charge in [-0.2, -0.15) is 0 Å². The third-order valence-electron chi connectivity index (χ3n) is 2.78. The summed E-state index contributed by atoms with van der Waals surface area (Å²) in [5.41, 5.74) is 0. The molecule has 0 bridgehead atoms. The van der Waals surface area contributed by atoms with Gasteiger partial charge in [-0.25, -0.2) is 4.98 Å². The lowest BCUT2D eigenvalue weighted by Gasteiger charge is -2.08. The normalized spacial score (nSPS) is 20.9. The molecule has 4 heteroatoms. The Bertz CT molecular complexity index is 255. The molecule has 0 spiro atoms. The Morgan fingerprint density at radius 3 is 3.33 bits per heavy atom. The summed E-state index contributed by atoms with van der Waals surface area (Å²) in [5, 5.41) is 3.47. The number of H-pyrrole nitrogens is 1. The molecule has 2 rings (SSSR count). The van der Waals surface area contributed by atoms with Gasteiger partial charge >= 0.3 is 0 Å². The molecule has 1 aliphatic rings. The topological polar surface area (TPSA) is 49.9 Å². The lowest BCUT2D eigenvalue weighted by molar-refractivity contribution is 0.185. The number of aryl methyl sites for hydroxylation is 1. The van der Waals surface area contributed by atoms with Gasteiger partial charge in [0.15, 0.2) is 0 Å². The molecule has 15 heavy (non-hydrogen) atoms. The van der Waals surface area contributed by atoms with Crippen LogP contribution in [0.25, 0.3) is 0 Å². The summed E-state index contributed by atoms with van der Waals surface area (Å²) in [6.07, 6.45) is 7.06. The van der Waals surface area contributed by atoms with Gasteiger partial charge in [0.25, 0.3) is 0 Å². The van der Waals surface area contributed by atoms with Crippen LogP contribution in [0.1, 0.15) is 18.7 Å². The van der Waals surface area contributed by atoms with Crippen molar-refractivity contribution in [3.8, 4) is 0 Å². The van der Waals surface area contributed by atoms with Gasteiger partial charge in [0.2, 0.25) is 0 Å². The van der Waals surface area contributed by atoms with E-state index in [1.54, 1.807) is 6.20 Å². The molecule has 1 fully saturated rings. The summed E-state index contributed by atoms with van der Waals surface area (Å²) in [7, 11) is 0. The summed E-state index contributed by atoms with van der Waals surface area (Å²) in [6, 6.07) is 0. The minimum absolute atomic E-state index is 0.730. The average molecular weight is 209 g/mol. The zero-order chi connectivity index (χ0) is 10.3. The quantitative estimate of drug-likeness (QED) is 0.686. The fraction of sp³-hybridized carbons (Fsp3) is 0.727. The van der Waals surface area contributed by atoms with E-state index in [4.69, 9.17) is 4.74 Å². The molecule has 1 aromatic rings. The van der Waals surface area contributed by atoms with Crippen LogP contribution < -0.4 is 5.32 Å². The minimum atomic E-state index is 0.730. The van der Waals surface area contributed by atoms with Crippen molar-refractivity contribution in [1.82, 2.24) is 15.3 Å². The molecule has 1 saturated heterocycles. The van der Waals surface area contributed by atoms with Gasteiger partial charge in [-0.3, -0.25) is 0 Å². The predicted octanol–water partition coefficient (Wildman–Crippen LogP) is 0.968. The van der Waals surface area contributed by atoms with Gasteiger partial charge in [-0.1, -0.05) is 0 Å². The van der Waals surface area contributed by atoms with Crippen molar-refractivity contribution < 1.29 is 4.74 Å². The maximum Gasteiger partial charge on any atom is 0.106 e. The number of imidazole rings is 1. The molecular weight excluding hydrogens is 190 g/mol. The van der Waals surface area contributed by atoms with E-state index in [1.165, 1.54) is 6.42 Å². The second kappa shape index (κ2) is 5.88. The molecule has 4 nitrogen and oxygen atoms in total. The van der Waals surface area contributed by atoms with Gasteiger partial charge in [0, 0.05) is 32.0 Å². The number of rotatable bonds is 6. The average Bonchev–Trinajstić information content (AvgIpc) is 2.88. The summed E-state index contributed by atoms with van der Waals surface area (Å²) in [5.74, 6) is 1.81. The number of aromatic amines is 1. The lowest BCUT2D eigenvalue weighted by atomic mass is 10.1. The largest absolute Gasteiger partial charge is 0.381 e. The fourth-order valence-corrected chi connectivity index (χ4v) is 1.87. The number of hydrogen-bond donors (Lipinski definition) is 2. The van der Waals surface area contributed by atoms with Crippen molar-refractivity contribution in [1.29, 1.82) is 0 Å². The van der Waals surface area contributed by atoms with Crippen molar-refractivity contribution in [3.63, 3.8) is 0 Å². The molecule has 1 aromatic heterocycles. The van der Waals surface area contributed by atoms with Gasteiger partial charge in [0.1, 0.15) is 5.82 Å². The zero-order valence-electron chi connectivity index (χ0n) is 9.04. The Morgan fingerprint density at radius 1 is 1.60 bits per heavy atom. The van der Waals surface area contributed by atoms with Crippen molar-refractivity contribution >= 4 is 0 Å². The third kappa shape index (κ3) is 3.64. The van der Waals surface area contributed by atoms with Gasteiger partial charge in [-0.15, -0.1) is 0 Å². The second-order valence-electron chi connectivity index (χ2n) is 4.07. The van der Waals surface area contributed by atoms with Crippen LogP contribution in [0.15, 0.2) is 12.4 Å². The van der Waals surface area contributed by atoms with Crippen LogP contribution in [-0.2, 0) is 11.2 Å². The Balaban J connectivity index is 1.48. The summed E-state index contributed by atoms with van der Waals surface area (Å²) in [6.45, 7) is 4.04. The summed E-state index contributed by atoms with van der Waals surface area (Å²) < 4.78 is 5.32. The van der Waals surface area contributed by atoms with Crippen LogP contribution in [0.3, 0.4) is 0 Å². The van der Waals surface area contributed by atoms with Gasteiger partial charge in [0.05, 0.1) is 6.61 Å². The molecule has 0 aliphatic carbocycles. The first-order valence-corrected chi connectivity index (χ1v) is 5.72. The minimum Gasteiger partial charge on any atom is -0.381 e. The van der Waals surface area contributed by atoms with Crippen molar-refractivity contribution in [2.45, 2.75) is 19.3 Å². The van der Waals surface area contributed by atoms with E-state index in [0.29, 0.717) is 0 Å². The first kappa shape index (κ1) is 10.6. The maximum atomic E-state index is 5.32. The summed E-state index contributed by atoms with van der Waals surface area (Å²) in [4.78, 5) is 7.30. The van der Waals surface area contributed by atoms with Crippen molar-refractivity contribution in [2.75, 3.05) is 26.3 Å². The van der Waals surface area contributed by atoms with E-state index in [0.717, 1.165) is 50.9 Å². The highest BCUT2D eigenvalue weighted by Crippen LogP contribution is 2.10. The Hall–Kier alpha value is -0.870. The Kier molecular flexibility index (Phi) is 4.17. The first-order valence-electron chi connectivity index (χ1n) is 5.72. The Labute approximate surface area is 90.4 Å². The highest BCUT2D eigenvalue weighted by Gasteiger charge is 2.14. The number of nitrogens with one attached hydrogen (secondary N) is 2. The van der Waals surface area contributed by atoms with Crippen molar-refractivity contribution in [3.05, 3.63) is 18.2 Å². The highest BCUT2D eigenvalue weighted by molar-refractivity contribution is 4.86. The van der Waals surface area contributed by atoms with E-state index in [9.17, 15) is 0 Å². The van der Waals surface area contributed by atoms with Crippen LogP contribution in [-0.4, -0.2) is 36.3 Å². The fourth-order valence-electron chi connectivity index (χ4n) is 1.87. The molecule has 2 N–H and O–H groups in total. The molecule has 0 aromatic carbocycles. The molecule has 0 amide bonds. The molecule has 1 unspecified atom stereocenters. The van der Waals surface area contributed by atoms with E-state index in [1.807, 2.05) is 6.20 Å². The van der Waals surface area contributed by atoms with Crippen LogP contribution in [0.2, 0.25) is 0 Å². The molecule has 1 aliphatic heterocycles. The van der Waals surface area contributed by atoms with Crippen molar-refractivity contribution in [2.24, 2.45) is 5.92 Å². The second-order valence-corrected chi connectivity index (χ2v) is 4.07. The molecule has 84 valence electrons. The monoisotopic (exact) mass is 209 g/mol. The molecule has 0 saturated carbocycles. The maximum absolute atomic E-state index is 5.32. The molecule has 2 heterocycles. The Morgan fingerprint density at radius 2 is 2.60 bits per heavy atom. The molecule has 0 radical (unpaired) electrons. The van der Waals surface area contributed by atoms with Crippen LogP contribution >= 0.6 is 0 Å². The van der Waals surface area contributed by atoms with Gasteiger partial charge in [-0.05, 0) is 25.3 Å². The summed E-state index contributed by atoms with van der Waals surface area (Å²) >= 11 is 0. The molecule has 1 atom stereocenters. The van der Waals surface area contributed by atoms with Crippen LogP contribution in [0.5, 0.6) is 0 Å². The van der Waals surface area contributed by atoms with Gasteiger partial charge < -0.3 is 15.0 Å². The van der Waals surface area contributed by atoms with E-state index in [2.05, 4.69) is 15.3 Å². The number of hydrogen-bond acceptors (Lipinski definition) is 3. The number of nitrogens with zero attached hydrogens (tertiary/aromatic N) is 1. The third-order valence-corrected chi connectivity index (χ3v) is 2.78. The SMILES string of the molecule is c1c[nH]c(CCCNCC2CCOC2)n1. The lowest BCUT2D eigenvalue weighted by Crippen LogP contribution is -2.24. The number of ether oxygens (including phenoxy) is 1. The highest BCUT2D eigenvalue weighted by atomic mass is 16.5. The van der Waals surface area contributed by atoms with Crippen LogP contribution in [0.4, 0.5) is 0 Å². The van der Waals surface area contributed by atoms with E-state index >= 15 is 0 Å². The van der Waals surface area contributed by atoms with E-state index < -0.39 is 0 Å².